The molecule has 0 unspecified atom stereocenters. The number of amides is 1. The van der Waals surface area contributed by atoms with E-state index in [1.165, 1.54) is 36.1 Å². The summed E-state index contributed by atoms with van der Waals surface area (Å²) < 4.78 is 11.5. The molecule has 162 valence electrons. The number of hydrogen-bond donors (Lipinski definition) is 1. The van der Waals surface area contributed by atoms with Gasteiger partial charge in [0.05, 0.1) is 31.0 Å². The van der Waals surface area contributed by atoms with Gasteiger partial charge in [0.1, 0.15) is 5.76 Å². The van der Waals surface area contributed by atoms with Crippen molar-refractivity contribution in [2.75, 3.05) is 7.11 Å². The number of ether oxygens (including phenoxy) is 1. The molecule has 0 saturated carbocycles. The van der Waals surface area contributed by atoms with E-state index in [0.29, 0.717) is 27.1 Å². The van der Waals surface area contributed by atoms with Crippen molar-refractivity contribution in [1.82, 2.24) is 4.90 Å². The Morgan fingerprint density at radius 2 is 1.97 bits per heavy atom. The second-order valence-corrected chi connectivity index (χ2v) is 8.62. The van der Waals surface area contributed by atoms with Gasteiger partial charge in [0.25, 0.3) is 5.91 Å². The number of phenols is 1. The normalized spacial score (nSPS) is 16.6. The number of hydrogen-bond acceptors (Lipinski definition) is 7. The van der Waals surface area contributed by atoms with Crippen molar-refractivity contribution in [2.24, 2.45) is 10.2 Å². The Balaban J connectivity index is 1.61. The maximum Gasteiger partial charge on any atom is 0.267 e. The van der Waals surface area contributed by atoms with Gasteiger partial charge in [0.15, 0.2) is 16.7 Å². The van der Waals surface area contributed by atoms with Crippen molar-refractivity contribution in [1.29, 1.82) is 0 Å². The van der Waals surface area contributed by atoms with E-state index in [1.54, 1.807) is 30.5 Å². The minimum absolute atomic E-state index is 0.0419. The Hall–Kier alpha value is -3.30. The van der Waals surface area contributed by atoms with Gasteiger partial charge in [-0.1, -0.05) is 28.1 Å². The van der Waals surface area contributed by atoms with Crippen LogP contribution in [0.5, 0.6) is 11.5 Å². The molecule has 1 fully saturated rings. The Morgan fingerprint density at radius 1 is 1.19 bits per heavy atom. The SMILES string of the molecule is COc1cc(/C=N/N=C2\S/C(=C\c3ccc(Br)cc3)C(=O)N2Cc2ccco2)ccc1O. The molecule has 1 N–H and O–H groups in total. The molecular weight excluding hydrogens is 494 g/mol. The number of carbonyl (C=O) groups is 1. The van der Waals surface area contributed by atoms with Crippen LogP contribution in [0.1, 0.15) is 16.9 Å². The molecule has 1 aliphatic heterocycles. The maximum atomic E-state index is 13.1. The number of furan rings is 1. The van der Waals surface area contributed by atoms with Crippen molar-refractivity contribution in [2.45, 2.75) is 6.54 Å². The maximum absolute atomic E-state index is 13.1. The van der Waals surface area contributed by atoms with E-state index in [2.05, 4.69) is 26.1 Å². The van der Waals surface area contributed by atoms with Crippen molar-refractivity contribution in [3.05, 3.63) is 87.1 Å². The summed E-state index contributed by atoms with van der Waals surface area (Å²) in [4.78, 5) is 15.1. The molecule has 2 heterocycles. The largest absolute Gasteiger partial charge is 0.504 e. The molecule has 1 saturated heterocycles. The van der Waals surface area contributed by atoms with E-state index in [1.807, 2.05) is 30.3 Å². The number of rotatable bonds is 6. The third-order valence-corrected chi connectivity index (χ3v) is 6.03. The Morgan fingerprint density at radius 3 is 2.69 bits per heavy atom. The molecule has 0 spiro atoms. The molecule has 2 aromatic carbocycles. The third kappa shape index (κ3) is 5.12. The summed E-state index contributed by atoms with van der Waals surface area (Å²) in [5.41, 5.74) is 1.60. The zero-order chi connectivity index (χ0) is 22.5. The van der Waals surface area contributed by atoms with Crippen LogP contribution in [0.4, 0.5) is 0 Å². The van der Waals surface area contributed by atoms with E-state index in [9.17, 15) is 9.90 Å². The van der Waals surface area contributed by atoms with E-state index in [4.69, 9.17) is 9.15 Å². The average Bonchev–Trinajstić information content (AvgIpc) is 3.41. The molecule has 0 aliphatic carbocycles. The van der Waals surface area contributed by atoms with Crippen LogP contribution in [0.25, 0.3) is 6.08 Å². The van der Waals surface area contributed by atoms with Crippen molar-refractivity contribution < 1.29 is 19.1 Å². The summed E-state index contributed by atoms with van der Waals surface area (Å²) in [7, 11) is 1.47. The number of amidine groups is 1. The summed E-state index contributed by atoms with van der Waals surface area (Å²) in [5, 5.41) is 18.6. The first-order chi connectivity index (χ1) is 15.5. The number of phenolic OH excluding ortho intramolecular Hbond substituents is 1. The summed E-state index contributed by atoms with van der Waals surface area (Å²) in [6.07, 6.45) is 4.92. The van der Waals surface area contributed by atoms with Gasteiger partial charge in [-0.3, -0.25) is 9.69 Å². The van der Waals surface area contributed by atoms with Gasteiger partial charge >= 0.3 is 0 Å². The van der Waals surface area contributed by atoms with Crippen LogP contribution in [-0.4, -0.2) is 34.4 Å². The van der Waals surface area contributed by atoms with Crippen LogP contribution in [0.2, 0.25) is 0 Å². The lowest BCUT2D eigenvalue weighted by Gasteiger charge is -2.12. The molecule has 7 nitrogen and oxygen atoms in total. The Labute approximate surface area is 197 Å². The zero-order valence-corrected chi connectivity index (χ0v) is 19.3. The highest BCUT2D eigenvalue weighted by atomic mass is 79.9. The highest BCUT2D eigenvalue weighted by Crippen LogP contribution is 2.34. The predicted octanol–water partition coefficient (Wildman–Crippen LogP) is 5.26. The number of aromatic hydroxyl groups is 1. The van der Waals surface area contributed by atoms with Crippen molar-refractivity contribution in [3.63, 3.8) is 0 Å². The summed E-state index contributed by atoms with van der Waals surface area (Å²) in [6.45, 7) is 0.248. The lowest BCUT2D eigenvalue weighted by Crippen LogP contribution is -2.28. The van der Waals surface area contributed by atoms with Gasteiger partial charge in [-0.25, -0.2) is 0 Å². The second-order valence-electron chi connectivity index (χ2n) is 6.69. The van der Waals surface area contributed by atoms with E-state index in [-0.39, 0.29) is 18.2 Å². The van der Waals surface area contributed by atoms with Crippen LogP contribution >= 0.6 is 27.7 Å². The molecule has 1 aliphatic rings. The first kappa shape index (κ1) is 21.9. The molecule has 3 aromatic rings. The summed E-state index contributed by atoms with van der Waals surface area (Å²) >= 11 is 4.66. The second kappa shape index (κ2) is 9.88. The van der Waals surface area contributed by atoms with Gasteiger partial charge in [0.2, 0.25) is 0 Å². The van der Waals surface area contributed by atoms with E-state index in [0.717, 1.165) is 10.0 Å². The molecule has 0 atom stereocenters. The number of nitrogens with zero attached hydrogens (tertiary/aromatic N) is 3. The van der Waals surface area contributed by atoms with Gasteiger partial charge in [-0.15, -0.1) is 5.10 Å². The number of benzene rings is 2. The minimum atomic E-state index is -0.172. The monoisotopic (exact) mass is 511 g/mol. The molecule has 0 bridgehead atoms. The molecule has 1 aromatic heterocycles. The van der Waals surface area contributed by atoms with E-state index < -0.39 is 0 Å². The molecular formula is C23H18BrN3O4S. The van der Waals surface area contributed by atoms with Gasteiger partial charge in [0, 0.05) is 4.47 Å². The number of halogens is 1. The fourth-order valence-corrected chi connectivity index (χ4v) is 4.11. The Kier molecular flexibility index (Phi) is 6.77. The number of carbonyl (C=O) groups excluding carboxylic acids is 1. The highest BCUT2D eigenvalue weighted by Gasteiger charge is 2.34. The average molecular weight is 512 g/mol. The standard InChI is InChI=1S/C23H18BrN3O4S/c1-30-20-11-16(6-9-19(20)28)13-25-26-23-27(14-18-3-2-10-31-18)22(29)21(32-23)12-15-4-7-17(24)8-5-15/h2-13,28H,14H2,1H3/b21-12-,25-13+,26-23-. The molecule has 9 heteroatoms. The summed E-state index contributed by atoms with van der Waals surface area (Å²) in [6, 6.07) is 16.1. The predicted molar refractivity (Wildman–Crippen MR) is 129 cm³/mol. The third-order valence-electron chi connectivity index (χ3n) is 4.50. The highest BCUT2D eigenvalue weighted by molar-refractivity contribution is 9.10. The van der Waals surface area contributed by atoms with Crippen LogP contribution < -0.4 is 4.74 Å². The fourth-order valence-electron chi connectivity index (χ4n) is 2.91. The molecule has 4 rings (SSSR count). The van der Waals surface area contributed by atoms with Gasteiger partial charge < -0.3 is 14.3 Å². The number of methoxy groups -OCH3 is 1. The first-order valence-corrected chi connectivity index (χ1v) is 11.1. The lowest BCUT2D eigenvalue weighted by atomic mass is 10.2. The Bertz CT molecular complexity index is 1200. The van der Waals surface area contributed by atoms with Crippen LogP contribution in [-0.2, 0) is 11.3 Å². The zero-order valence-electron chi connectivity index (χ0n) is 16.9. The molecule has 1 amide bonds. The quantitative estimate of drug-likeness (QED) is 0.277. The van der Waals surface area contributed by atoms with Crippen molar-refractivity contribution in [3.8, 4) is 11.5 Å². The molecule has 0 radical (unpaired) electrons. The minimum Gasteiger partial charge on any atom is -0.504 e. The first-order valence-electron chi connectivity index (χ1n) is 9.51. The van der Waals surface area contributed by atoms with Gasteiger partial charge in [-0.2, -0.15) is 5.10 Å². The van der Waals surface area contributed by atoms with Crippen LogP contribution in [0, 0.1) is 0 Å². The van der Waals surface area contributed by atoms with Gasteiger partial charge in [-0.05, 0) is 71.4 Å². The lowest BCUT2D eigenvalue weighted by molar-refractivity contribution is -0.122. The fraction of sp³-hybridized carbons (Fsp3) is 0.0870. The smallest absolute Gasteiger partial charge is 0.267 e. The topological polar surface area (TPSA) is 87.6 Å². The summed E-state index contributed by atoms with van der Waals surface area (Å²) in [5.74, 6) is 0.852. The van der Waals surface area contributed by atoms with Crippen LogP contribution in [0.3, 0.4) is 0 Å². The number of thioether (sulfide) groups is 1. The van der Waals surface area contributed by atoms with E-state index >= 15 is 0 Å². The van der Waals surface area contributed by atoms with Crippen LogP contribution in [0.15, 0.2) is 84.9 Å². The molecule has 32 heavy (non-hydrogen) atoms. The van der Waals surface area contributed by atoms with Crippen molar-refractivity contribution >= 4 is 51.1 Å².